The molecule has 1 nitrogen and oxygen atoms in total. The fraction of sp³-hybridized carbons (Fsp3) is 1.00. The van der Waals surface area contributed by atoms with Crippen LogP contribution in [0.3, 0.4) is 0 Å². The van der Waals surface area contributed by atoms with E-state index in [0.29, 0.717) is 5.41 Å². The third-order valence-electron chi connectivity index (χ3n) is 4.96. The molecule has 0 aromatic carbocycles. The van der Waals surface area contributed by atoms with Gasteiger partial charge in [0.15, 0.2) is 0 Å². The van der Waals surface area contributed by atoms with E-state index < -0.39 is 0 Å². The monoisotopic (exact) mass is 287 g/mol. The van der Waals surface area contributed by atoms with Crippen molar-refractivity contribution >= 4 is 15.9 Å². The van der Waals surface area contributed by atoms with E-state index in [4.69, 9.17) is 0 Å². The largest absolute Gasteiger partial charge is 0.300 e. The molecule has 1 saturated carbocycles. The van der Waals surface area contributed by atoms with Crippen molar-refractivity contribution in [1.29, 1.82) is 0 Å². The normalized spacial score (nSPS) is 39.4. The first-order valence-electron chi connectivity index (χ1n) is 6.86. The summed E-state index contributed by atoms with van der Waals surface area (Å²) in [4.78, 5) is 2.76. The highest BCUT2D eigenvalue weighted by molar-refractivity contribution is 9.09. The molecule has 0 spiro atoms. The fourth-order valence-corrected chi connectivity index (χ4v) is 4.22. The van der Waals surface area contributed by atoms with Crippen molar-refractivity contribution in [3.05, 3.63) is 0 Å². The molecule has 2 aliphatic rings. The Morgan fingerprint density at radius 1 is 1.25 bits per heavy atom. The number of piperidine rings is 1. The number of hydrogen-bond donors (Lipinski definition) is 0. The van der Waals surface area contributed by atoms with E-state index in [-0.39, 0.29) is 0 Å². The van der Waals surface area contributed by atoms with E-state index >= 15 is 0 Å². The SMILES string of the molecule is CC1CC(C)C(C)N(CC2(CBr)CCC2)C1. The second-order valence-electron chi connectivity index (χ2n) is 6.48. The summed E-state index contributed by atoms with van der Waals surface area (Å²) in [5.41, 5.74) is 0.616. The van der Waals surface area contributed by atoms with E-state index in [9.17, 15) is 0 Å². The van der Waals surface area contributed by atoms with Crippen LogP contribution in [0.5, 0.6) is 0 Å². The van der Waals surface area contributed by atoms with Gasteiger partial charge in [0.1, 0.15) is 0 Å². The standard InChI is InChI=1S/C14H26BrN/c1-11-7-12(2)13(3)16(8-11)10-14(9-15)5-4-6-14/h11-13H,4-10H2,1-3H3. The van der Waals surface area contributed by atoms with Gasteiger partial charge >= 0.3 is 0 Å². The predicted molar refractivity (Wildman–Crippen MR) is 74.1 cm³/mol. The van der Waals surface area contributed by atoms with Gasteiger partial charge in [-0.1, -0.05) is 36.2 Å². The molecular weight excluding hydrogens is 262 g/mol. The minimum atomic E-state index is 0.616. The van der Waals surface area contributed by atoms with Gasteiger partial charge < -0.3 is 0 Å². The van der Waals surface area contributed by atoms with Crippen LogP contribution in [-0.2, 0) is 0 Å². The summed E-state index contributed by atoms with van der Waals surface area (Å²) >= 11 is 3.73. The van der Waals surface area contributed by atoms with Crippen LogP contribution < -0.4 is 0 Å². The third kappa shape index (κ3) is 2.48. The minimum Gasteiger partial charge on any atom is -0.300 e. The third-order valence-corrected chi connectivity index (χ3v) is 6.15. The van der Waals surface area contributed by atoms with E-state index in [0.717, 1.165) is 17.9 Å². The molecule has 2 fully saturated rings. The van der Waals surface area contributed by atoms with Gasteiger partial charge in [0, 0.05) is 24.5 Å². The smallest absolute Gasteiger partial charge is 0.0100 e. The van der Waals surface area contributed by atoms with Crippen LogP contribution in [0.2, 0.25) is 0 Å². The molecule has 0 amide bonds. The highest BCUT2D eigenvalue weighted by Crippen LogP contribution is 2.44. The lowest BCUT2D eigenvalue weighted by Gasteiger charge is -2.49. The Morgan fingerprint density at radius 2 is 1.94 bits per heavy atom. The van der Waals surface area contributed by atoms with Crippen molar-refractivity contribution in [2.24, 2.45) is 17.3 Å². The molecule has 0 N–H and O–H groups in total. The van der Waals surface area contributed by atoms with Gasteiger partial charge in [0.2, 0.25) is 0 Å². The van der Waals surface area contributed by atoms with Gasteiger partial charge in [-0.15, -0.1) is 0 Å². The Kier molecular flexibility index (Phi) is 4.01. The summed E-state index contributed by atoms with van der Waals surface area (Å²) in [7, 11) is 0. The Bertz CT molecular complexity index is 231. The average Bonchev–Trinajstić information content (AvgIpc) is 2.18. The molecule has 16 heavy (non-hydrogen) atoms. The first kappa shape index (κ1) is 12.9. The Balaban J connectivity index is 1.97. The molecule has 0 aromatic heterocycles. The highest BCUT2D eigenvalue weighted by atomic mass is 79.9. The maximum absolute atomic E-state index is 3.73. The molecule has 0 aromatic rings. The van der Waals surface area contributed by atoms with E-state index in [1.807, 2.05) is 0 Å². The van der Waals surface area contributed by atoms with Crippen molar-refractivity contribution in [3.8, 4) is 0 Å². The van der Waals surface area contributed by atoms with Gasteiger partial charge in [-0.25, -0.2) is 0 Å². The van der Waals surface area contributed by atoms with Gasteiger partial charge in [0.25, 0.3) is 0 Å². The minimum absolute atomic E-state index is 0.616. The summed E-state index contributed by atoms with van der Waals surface area (Å²) in [6.07, 6.45) is 5.73. The van der Waals surface area contributed by atoms with Crippen molar-refractivity contribution in [1.82, 2.24) is 4.90 Å². The van der Waals surface area contributed by atoms with Crippen molar-refractivity contribution < 1.29 is 0 Å². The number of halogens is 1. The molecule has 1 heterocycles. The Morgan fingerprint density at radius 3 is 2.44 bits per heavy atom. The van der Waals surface area contributed by atoms with Gasteiger partial charge in [-0.2, -0.15) is 0 Å². The molecule has 2 rings (SSSR count). The summed E-state index contributed by atoms with van der Waals surface area (Å²) in [6.45, 7) is 9.91. The number of hydrogen-bond acceptors (Lipinski definition) is 1. The number of likely N-dealkylation sites (tertiary alicyclic amines) is 1. The summed E-state index contributed by atoms with van der Waals surface area (Å²) in [6, 6.07) is 0.785. The molecule has 0 bridgehead atoms. The van der Waals surface area contributed by atoms with Gasteiger partial charge in [0.05, 0.1) is 0 Å². The lowest BCUT2D eigenvalue weighted by molar-refractivity contribution is 0.0145. The summed E-state index contributed by atoms with van der Waals surface area (Å²) in [5, 5.41) is 1.20. The van der Waals surface area contributed by atoms with Crippen LogP contribution >= 0.6 is 15.9 Å². The topological polar surface area (TPSA) is 3.24 Å². The van der Waals surface area contributed by atoms with Crippen LogP contribution in [0.1, 0.15) is 46.5 Å². The Hall–Kier alpha value is 0.440. The van der Waals surface area contributed by atoms with Crippen LogP contribution in [0, 0.1) is 17.3 Å². The highest BCUT2D eigenvalue weighted by Gasteiger charge is 2.40. The molecule has 1 aliphatic carbocycles. The van der Waals surface area contributed by atoms with Gasteiger partial charge in [-0.3, -0.25) is 4.90 Å². The lowest BCUT2D eigenvalue weighted by atomic mass is 9.69. The van der Waals surface area contributed by atoms with Crippen molar-refractivity contribution in [2.75, 3.05) is 18.4 Å². The molecule has 94 valence electrons. The second-order valence-corrected chi connectivity index (χ2v) is 7.04. The zero-order chi connectivity index (χ0) is 11.8. The lowest BCUT2D eigenvalue weighted by Crippen LogP contribution is -2.52. The summed E-state index contributed by atoms with van der Waals surface area (Å²) < 4.78 is 0. The molecular formula is C14H26BrN. The van der Waals surface area contributed by atoms with Crippen LogP contribution in [-0.4, -0.2) is 29.4 Å². The second kappa shape index (κ2) is 4.97. The zero-order valence-electron chi connectivity index (χ0n) is 11.0. The van der Waals surface area contributed by atoms with Crippen molar-refractivity contribution in [3.63, 3.8) is 0 Å². The quantitative estimate of drug-likeness (QED) is 0.712. The maximum Gasteiger partial charge on any atom is 0.0100 e. The van der Waals surface area contributed by atoms with Crippen LogP contribution in [0.25, 0.3) is 0 Å². The Labute approximate surface area is 109 Å². The average molecular weight is 288 g/mol. The first-order chi connectivity index (χ1) is 7.56. The van der Waals surface area contributed by atoms with Crippen LogP contribution in [0.4, 0.5) is 0 Å². The number of rotatable bonds is 3. The van der Waals surface area contributed by atoms with Gasteiger partial charge in [-0.05, 0) is 43.4 Å². The van der Waals surface area contributed by atoms with Crippen LogP contribution in [0.15, 0.2) is 0 Å². The van der Waals surface area contributed by atoms with Crippen molar-refractivity contribution in [2.45, 2.75) is 52.5 Å². The zero-order valence-corrected chi connectivity index (χ0v) is 12.6. The van der Waals surface area contributed by atoms with E-state index in [2.05, 4.69) is 41.6 Å². The van der Waals surface area contributed by atoms with E-state index in [1.54, 1.807) is 0 Å². The molecule has 0 radical (unpaired) electrons. The summed E-state index contributed by atoms with van der Waals surface area (Å²) in [5.74, 6) is 1.76. The predicted octanol–water partition coefficient (Wildman–Crippen LogP) is 3.92. The molecule has 2 heteroatoms. The molecule has 1 aliphatic heterocycles. The first-order valence-corrected chi connectivity index (χ1v) is 7.98. The number of nitrogens with zero attached hydrogens (tertiary/aromatic N) is 1. The molecule has 3 atom stereocenters. The molecule has 3 unspecified atom stereocenters. The number of alkyl halides is 1. The molecule has 1 saturated heterocycles. The maximum atomic E-state index is 3.73. The van der Waals surface area contributed by atoms with E-state index in [1.165, 1.54) is 44.1 Å². The fourth-order valence-electron chi connectivity index (χ4n) is 3.48.